The number of nitrogens with zero attached hydrogens (tertiary/aromatic N) is 1. The third-order valence-electron chi connectivity index (χ3n) is 3.44. The van der Waals surface area contributed by atoms with E-state index in [-0.39, 0.29) is 10.6 Å². The van der Waals surface area contributed by atoms with Gasteiger partial charge >= 0.3 is 0 Å². The molecule has 0 aliphatic carbocycles. The first kappa shape index (κ1) is 14.9. The van der Waals surface area contributed by atoms with E-state index in [0.29, 0.717) is 18.5 Å². The number of rotatable bonds is 4. The largest absolute Gasteiger partial charge is 0.315 e. The van der Waals surface area contributed by atoms with Crippen molar-refractivity contribution in [2.45, 2.75) is 30.7 Å². The van der Waals surface area contributed by atoms with Crippen LogP contribution in [-0.2, 0) is 10.0 Å². The SMILES string of the molecule is Cc1ccc(S(=O)(=O)NC2(C)CCNC2)cc1[N+](=O)[O-]. The molecule has 0 amide bonds. The smallest absolute Gasteiger partial charge is 0.273 e. The van der Waals surface area contributed by atoms with Crippen molar-refractivity contribution in [3.63, 3.8) is 0 Å². The fourth-order valence-corrected chi connectivity index (χ4v) is 3.70. The number of benzene rings is 1. The Morgan fingerprint density at radius 3 is 2.70 bits per heavy atom. The minimum Gasteiger partial charge on any atom is -0.315 e. The Hall–Kier alpha value is -1.51. The van der Waals surface area contributed by atoms with E-state index in [1.54, 1.807) is 6.92 Å². The van der Waals surface area contributed by atoms with Crippen LogP contribution in [0.2, 0.25) is 0 Å². The van der Waals surface area contributed by atoms with Gasteiger partial charge in [-0.2, -0.15) is 0 Å². The van der Waals surface area contributed by atoms with Crippen molar-refractivity contribution >= 4 is 15.7 Å². The Labute approximate surface area is 117 Å². The maximum atomic E-state index is 12.3. The molecule has 7 nitrogen and oxygen atoms in total. The van der Waals surface area contributed by atoms with Crippen LogP contribution in [0.25, 0.3) is 0 Å². The second-order valence-corrected chi connectivity index (χ2v) is 6.98. The van der Waals surface area contributed by atoms with Crippen LogP contribution >= 0.6 is 0 Å². The highest BCUT2D eigenvalue weighted by molar-refractivity contribution is 7.89. The van der Waals surface area contributed by atoms with Crippen molar-refractivity contribution in [3.8, 4) is 0 Å². The molecule has 2 N–H and O–H groups in total. The molecule has 0 bridgehead atoms. The lowest BCUT2D eigenvalue weighted by molar-refractivity contribution is -0.385. The van der Waals surface area contributed by atoms with E-state index in [1.807, 2.05) is 6.92 Å². The molecular weight excluding hydrogens is 282 g/mol. The van der Waals surface area contributed by atoms with Crippen LogP contribution < -0.4 is 10.0 Å². The highest BCUT2D eigenvalue weighted by atomic mass is 32.2. The Bertz CT molecular complexity index is 636. The summed E-state index contributed by atoms with van der Waals surface area (Å²) in [6.45, 7) is 4.67. The highest BCUT2D eigenvalue weighted by Gasteiger charge is 2.34. The Morgan fingerprint density at radius 1 is 1.45 bits per heavy atom. The van der Waals surface area contributed by atoms with E-state index in [9.17, 15) is 18.5 Å². The van der Waals surface area contributed by atoms with Crippen molar-refractivity contribution in [1.29, 1.82) is 0 Å². The van der Waals surface area contributed by atoms with Gasteiger partial charge in [0.1, 0.15) is 0 Å². The van der Waals surface area contributed by atoms with Crippen molar-refractivity contribution < 1.29 is 13.3 Å². The summed E-state index contributed by atoms with van der Waals surface area (Å²) in [6, 6.07) is 3.93. The summed E-state index contributed by atoms with van der Waals surface area (Å²) in [6.07, 6.45) is 0.681. The predicted molar refractivity (Wildman–Crippen MR) is 74.0 cm³/mol. The molecule has 1 heterocycles. The van der Waals surface area contributed by atoms with E-state index in [1.165, 1.54) is 12.1 Å². The minimum absolute atomic E-state index is 0.0806. The van der Waals surface area contributed by atoms with Gasteiger partial charge in [0.2, 0.25) is 10.0 Å². The average Bonchev–Trinajstić information content (AvgIpc) is 2.74. The van der Waals surface area contributed by atoms with E-state index in [4.69, 9.17) is 0 Å². The summed E-state index contributed by atoms with van der Waals surface area (Å²) in [5.74, 6) is 0. The van der Waals surface area contributed by atoms with E-state index in [0.717, 1.165) is 12.6 Å². The number of aryl methyl sites for hydroxylation is 1. The van der Waals surface area contributed by atoms with Crippen molar-refractivity contribution in [2.24, 2.45) is 0 Å². The zero-order valence-electron chi connectivity index (χ0n) is 11.3. The maximum Gasteiger partial charge on any atom is 0.273 e. The van der Waals surface area contributed by atoms with Gasteiger partial charge in [-0.1, -0.05) is 6.07 Å². The molecule has 1 aliphatic rings. The van der Waals surface area contributed by atoms with Crippen LogP contribution in [0.5, 0.6) is 0 Å². The summed E-state index contributed by atoms with van der Waals surface area (Å²) in [7, 11) is -3.77. The monoisotopic (exact) mass is 299 g/mol. The molecule has 1 aromatic carbocycles. The molecule has 1 saturated heterocycles. The zero-order chi connectivity index (χ0) is 15.0. The average molecular weight is 299 g/mol. The molecule has 0 radical (unpaired) electrons. The lowest BCUT2D eigenvalue weighted by atomic mass is 10.0. The van der Waals surface area contributed by atoms with Crippen LogP contribution in [-0.4, -0.2) is 32.0 Å². The summed E-state index contributed by atoms with van der Waals surface area (Å²) >= 11 is 0. The minimum atomic E-state index is -3.77. The first-order chi connectivity index (χ1) is 9.23. The number of hydrogen-bond donors (Lipinski definition) is 2. The summed E-state index contributed by atoms with van der Waals surface area (Å²) in [5.41, 5.74) is -0.316. The molecule has 1 fully saturated rings. The molecule has 0 saturated carbocycles. The summed E-state index contributed by atoms with van der Waals surface area (Å²) in [5, 5.41) is 14.0. The molecule has 0 aromatic heterocycles. The first-order valence-electron chi connectivity index (χ1n) is 6.23. The van der Waals surface area contributed by atoms with Gasteiger partial charge in [-0.15, -0.1) is 0 Å². The second kappa shape index (κ2) is 5.12. The fourth-order valence-electron chi connectivity index (χ4n) is 2.24. The first-order valence-corrected chi connectivity index (χ1v) is 7.72. The van der Waals surface area contributed by atoms with Gasteiger partial charge in [-0.05, 0) is 32.9 Å². The van der Waals surface area contributed by atoms with Gasteiger partial charge in [0, 0.05) is 23.7 Å². The van der Waals surface area contributed by atoms with Gasteiger partial charge in [0.05, 0.1) is 9.82 Å². The standard InChI is InChI=1S/C12H17N3O4S/c1-9-3-4-10(7-11(9)15(16)17)20(18,19)14-12(2)5-6-13-8-12/h3-4,7,13-14H,5-6,8H2,1-2H3. The summed E-state index contributed by atoms with van der Waals surface area (Å²) < 4.78 is 27.3. The van der Waals surface area contributed by atoms with E-state index in [2.05, 4.69) is 10.0 Å². The van der Waals surface area contributed by atoms with Crippen LogP contribution in [0, 0.1) is 17.0 Å². The quantitative estimate of drug-likeness (QED) is 0.636. The van der Waals surface area contributed by atoms with E-state index >= 15 is 0 Å². The lowest BCUT2D eigenvalue weighted by Crippen LogP contribution is -2.47. The molecule has 1 aliphatic heterocycles. The molecule has 1 unspecified atom stereocenters. The molecule has 20 heavy (non-hydrogen) atoms. The molecule has 1 atom stereocenters. The topological polar surface area (TPSA) is 101 Å². The number of sulfonamides is 1. The van der Waals surface area contributed by atoms with Crippen LogP contribution in [0.15, 0.2) is 23.1 Å². The Balaban J connectivity index is 2.34. The molecule has 110 valence electrons. The maximum absolute atomic E-state index is 12.3. The third kappa shape index (κ3) is 2.97. The zero-order valence-corrected chi connectivity index (χ0v) is 12.2. The van der Waals surface area contributed by atoms with Gasteiger partial charge in [-0.25, -0.2) is 13.1 Å². The molecule has 8 heteroatoms. The lowest BCUT2D eigenvalue weighted by Gasteiger charge is -2.24. The van der Waals surface area contributed by atoms with Gasteiger partial charge < -0.3 is 5.32 Å². The number of nitrogens with one attached hydrogen (secondary N) is 2. The predicted octanol–water partition coefficient (Wildman–Crippen LogP) is 0.934. The van der Waals surface area contributed by atoms with Gasteiger partial charge in [0.25, 0.3) is 5.69 Å². The highest BCUT2D eigenvalue weighted by Crippen LogP contribution is 2.24. The number of hydrogen-bond acceptors (Lipinski definition) is 5. The van der Waals surface area contributed by atoms with Crippen LogP contribution in [0.3, 0.4) is 0 Å². The summed E-state index contributed by atoms with van der Waals surface area (Å²) in [4.78, 5) is 10.2. The normalized spacial score (nSPS) is 22.9. The van der Waals surface area contributed by atoms with Gasteiger partial charge in [-0.3, -0.25) is 10.1 Å². The second-order valence-electron chi connectivity index (χ2n) is 5.30. The molecular formula is C12H17N3O4S. The Kier molecular flexibility index (Phi) is 3.81. The van der Waals surface area contributed by atoms with Crippen LogP contribution in [0.1, 0.15) is 18.9 Å². The molecule has 1 aromatic rings. The van der Waals surface area contributed by atoms with Crippen molar-refractivity contribution in [1.82, 2.24) is 10.0 Å². The van der Waals surface area contributed by atoms with Crippen molar-refractivity contribution in [3.05, 3.63) is 33.9 Å². The molecule has 0 spiro atoms. The number of nitro benzene ring substituents is 1. The van der Waals surface area contributed by atoms with E-state index < -0.39 is 20.5 Å². The van der Waals surface area contributed by atoms with Crippen molar-refractivity contribution in [2.75, 3.05) is 13.1 Å². The van der Waals surface area contributed by atoms with Gasteiger partial charge in [0.15, 0.2) is 0 Å². The Morgan fingerprint density at radius 2 is 2.15 bits per heavy atom. The van der Waals surface area contributed by atoms with Crippen LogP contribution in [0.4, 0.5) is 5.69 Å². The fraction of sp³-hybridized carbons (Fsp3) is 0.500. The third-order valence-corrected chi connectivity index (χ3v) is 5.07. The molecule has 2 rings (SSSR count). The number of nitro groups is 1.